The standard InChI is InChI=1S/C16H22N2O2/c1-2-14-13(15(19)20)9-17-18(14)16-6-10-3-11(7-16)5-12(4-10)8-16/h9-12H,2-8H2,1H3,(H,19,20). The molecule has 0 spiro atoms. The van der Waals surface area contributed by atoms with E-state index in [1.165, 1.54) is 38.5 Å². The average molecular weight is 274 g/mol. The van der Waals surface area contributed by atoms with Gasteiger partial charge in [-0.3, -0.25) is 4.68 Å². The number of carboxylic acids is 1. The molecular weight excluding hydrogens is 252 g/mol. The predicted molar refractivity (Wildman–Crippen MR) is 74.7 cm³/mol. The number of carboxylic acid groups (broad SMARTS) is 1. The molecule has 4 aliphatic carbocycles. The van der Waals surface area contributed by atoms with Crippen LogP contribution in [0.5, 0.6) is 0 Å². The minimum Gasteiger partial charge on any atom is -0.478 e. The highest BCUT2D eigenvalue weighted by Gasteiger charge is 2.53. The Hall–Kier alpha value is -1.32. The van der Waals surface area contributed by atoms with Crippen LogP contribution >= 0.6 is 0 Å². The molecule has 1 heterocycles. The molecule has 0 saturated heterocycles. The molecule has 4 bridgehead atoms. The number of aromatic nitrogens is 2. The van der Waals surface area contributed by atoms with E-state index < -0.39 is 5.97 Å². The summed E-state index contributed by atoms with van der Waals surface area (Å²) in [5, 5.41) is 13.9. The second-order valence-electron chi connectivity index (χ2n) is 7.22. The fourth-order valence-corrected chi connectivity index (χ4v) is 5.63. The molecule has 1 aromatic rings. The summed E-state index contributed by atoms with van der Waals surface area (Å²) in [5.41, 5.74) is 1.47. The molecule has 0 aliphatic heterocycles. The molecule has 4 saturated carbocycles. The first-order valence-corrected chi connectivity index (χ1v) is 7.92. The van der Waals surface area contributed by atoms with E-state index in [0.717, 1.165) is 29.9 Å². The minimum absolute atomic E-state index is 0.133. The van der Waals surface area contributed by atoms with Gasteiger partial charge in [-0.15, -0.1) is 0 Å². The van der Waals surface area contributed by atoms with Gasteiger partial charge in [0.1, 0.15) is 5.56 Å². The third-order valence-corrected chi connectivity index (χ3v) is 5.89. The summed E-state index contributed by atoms with van der Waals surface area (Å²) in [6.45, 7) is 2.04. The van der Waals surface area contributed by atoms with Crippen LogP contribution in [-0.2, 0) is 12.0 Å². The van der Waals surface area contributed by atoms with E-state index in [-0.39, 0.29) is 5.54 Å². The van der Waals surface area contributed by atoms with Crippen LogP contribution in [0.2, 0.25) is 0 Å². The van der Waals surface area contributed by atoms with Crippen LogP contribution in [0.4, 0.5) is 0 Å². The molecule has 4 heteroatoms. The molecule has 0 unspecified atom stereocenters. The van der Waals surface area contributed by atoms with Crippen LogP contribution in [0.25, 0.3) is 0 Å². The van der Waals surface area contributed by atoms with E-state index in [1.807, 2.05) is 6.92 Å². The lowest BCUT2D eigenvalue weighted by molar-refractivity contribution is -0.0507. The Balaban J connectivity index is 1.79. The van der Waals surface area contributed by atoms with Gasteiger partial charge in [-0.2, -0.15) is 5.10 Å². The molecule has 20 heavy (non-hydrogen) atoms. The lowest BCUT2D eigenvalue weighted by atomic mass is 9.53. The minimum atomic E-state index is -0.835. The van der Waals surface area contributed by atoms with Crippen molar-refractivity contribution in [2.24, 2.45) is 17.8 Å². The molecule has 4 nitrogen and oxygen atoms in total. The first kappa shape index (κ1) is 12.4. The van der Waals surface area contributed by atoms with E-state index >= 15 is 0 Å². The lowest BCUT2D eigenvalue weighted by Gasteiger charge is -2.57. The number of nitrogens with zero attached hydrogens (tertiary/aromatic N) is 2. The Bertz CT molecular complexity index is 526. The van der Waals surface area contributed by atoms with Gasteiger partial charge in [-0.05, 0) is 62.7 Å². The number of hydrogen-bond acceptors (Lipinski definition) is 2. The molecule has 0 atom stereocenters. The zero-order chi connectivity index (χ0) is 13.9. The van der Waals surface area contributed by atoms with Gasteiger partial charge in [-0.1, -0.05) is 6.92 Å². The normalized spacial score (nSPS) is 38.4. The monoisotopic (exact) mass is 274 g/mol. The van der Waals surface area contributed by atoms with Crippen molar-refractivity contribution in [1.82, 2.24) is 9.78 Å². The van der Waals surface area contributed by atoms with Gasteiger partial charge in [0.2, 0.25) is 0 Å². The molecule has 0 amide bonds. The van der Waals surface area contributed by atoms with Gasteiger partial charge >= 0.3 is 5.97 Å². The van der Waals surface area contributed by atoms with Crippen molar-refractivity contribution in [2.45, 2.75) is 57.4 Å². The summed E-state index contributed by atoms with van der Waals surface area (Å²) < 4.78 is 2.13. The molecular formula is C16H22N2O2. The number of carbonyl (C=O) groups is 1. The first-order chi connectivity index (χ1) is 9.61. The van der Waals surface area contributed by atoms with Gasteiger partial charge in [-0.25, -0.2) is 4.79 Å². The smallest absolute Gasteiger partial charge is 0.339 e. The largest absolute Gasteiger partial charge is 0.478 e. The number of rotatable bonds is 3. The van der Waals surface area contributed by atoms with E-state index in [1.54, 1.807) is 6.20 Å². The zero-order valence-corrected chi connectivity index (χ0v) is 12.0. The number of hydrogen-bond donors (Lipinski definition) is 1. The fourth-order valence-electron chi connectivity index (χ4n) is 5.63. The van der Waals surface area contributed by atoms with Crippen LogP contribution < -0.4 is 0 Å². The maximum atomic E-state index is 11.4. The summed E-state index contributed by atoms with van der Waals surface area (Å²) in [6, 6.07) is 0. The third-order valence-electron chi connectivity index (χ3n) is 5.89. The highest BCUT2D eigenvalue weighted by atomic mass is 16.4. The molecule has 5 rings (SSSR count). The van der Waals surface area contributed by atoms with Gasteiger partial charge in [0.05, 0.1) is 17.4 Å². The highest BCUT2D eigenvalue weighted by molar-refractivity contribution is 5.88. The maximum Gasteiger partial charge on any atom is 0.339 e. The number of aromatic carboxylic acids is 1. The zero-order valence-electron chi connectivity index (χ0n) is 12.0. The fraction of sp³-hybridized carbons (Fsp3) is 0.750. The Kier molecular flexibility index (Phi) is 2.54. The SMILES string of the molecule is CCc1c(C(=O)O)cnn1C12CC3CC(CC(C3)C1)C2. The van der Waals surface area contributed by atoms with Gasteiger partial charge in [0.25, 0.3) is 0 Å². The summed E-state index contributed by atoms with van der Waals surface area (Å²) >= 11 is 0. The molecule has 0 radical (unpaired) electrons. The van der Waals surface area contributed by atoms with Gasteiger partial charge in [0, 0.05) is 0 Å². The second-order valence-corrected chi connectivity index (χ2v) is 7.22. The van der Waals surface area contributed by atoms with Crippen molar-refractivity contribution < 1.29 is 9.90 Å². The summed E-state index contributed by atoms with van der Waals surface area (Å²) in [4.78, 5) is 11.4. The van der Waals surface area contributed by atoms with Crippen molar-refractivity contribution in [2.75, 3.05) is 0 Å². The van der Waals surface area contributed by atoms with E-state index in [4.69, 9.17) is 0 Å². The Morgan fingerprint density at radius 3 is 2.30 bits per heavy atom. The topological polar surface area (TPSA) is 55.1 Å². The average Bonchev–Trinajstić information content (AvgIpc) is 2.81. The van der Waals surface area contributed by atoms with E-state index in [9.17, 15) is 9.90 Å². The maximum absolute atomic E-state index is 11.4. The van der Waals surface area contributed by atoms with Crippen LogP contribution in [0.3, 0.4) is 0 Å². The first-order valence-electron chi connectivity index (χ1n) is 7.92. The molecule has 1 aromatic heterocycles. The highest BCUT2D eigenvalue weighted by Crippen LogP contribution is 2.58. The Morgan fingerprint density at radius 1 is 1.30 bits per heavy atom. The van der Waals surface area contributed by atoms with Gasteiger partial charge < -0.3 is 5.11 Å². The molecule has 108 valence electrons. The predicted octanol–water partition coefficient (Wildman–Crippen LogP) is 3.07. The quantitative estimate of drug-likeness (QED) is 0.921. The lowest BCUT2D eigenvalue weighted by Crippen LogP contribution is -2.52. The van der Waals surface area contributed by atoms with E-state index in [0.29, 0.717) is 5.56 Å². The molecule has 4 fully saturated rings. The van der Waals surface area contributed by atoms with Crippen molar-refractivity contribution in [3.8, 4) is 0 Å². The summed E-state index contributed by atoms with van der Waals surface area (Å²) in [5.74, 6) is 1.72. The van der Waals surface area contributed by atoms with Crippen molar-refractivity contribution in [3.63, 3.8) is 0 Å². The summed E-state index contributed by atoms with van der Waals surface area (Å²) in [6.07, 6.45) is 10.2. The van der Waals surface area contributed by atoms with Crippen LogP contribution in [0.15, 0.2) is 6.20 Å². The van der Waals surface area contributed by atoms with Crippen LogP contribution in [0.1, 0.15) is 61.5 Å². The molecule has 1 N–H and O–H groups in total. The van der Waals surface area contributed by atoms with Crippen molar-refractivity contribution in [3.05, 3.63) is 17.5 Å². The second kappa shape index (κ2) is 4.09. The van der Waals surface area contributed by atoms with E-state index in [2.05, 4.69) is 9.78 Å². The van der Waals surface area contributed by atoms with Crippen molar-refractivity contribution in [1.29, 1.82) is 0 Å². The van der Waals surface area contributed by atoms with Crippen LogP contribution in [-0.4, -0.2) is 20.9 Å². The summed E-state index contributed by atoms with van der Waals surface area (Å²) in [7, 11) is 0. The van der Waals surface area contributed by atoms with Crippen LogP contribution in [0, 0.1) is 17.8 Å². The Morgan fingerprint density at radius 2 is 1.85 bits per heavy atom. The van der Waals surface area contributed by atoms with Gasteiger partial charge in [0.15, 0.2) is 0 Å². The third kappa shape index (κ3) is 1.60. The molecule has 0 aromatic carbocycles. The molecule has 4 aliphatic rings. The van der Waals surface area contributed by atoms with Crippen molar-refractivity contribution >= 4 is 5.97 Å². The Labute approximate surface area is 119 Å².